The number of hydrogen-bond donors (Lipinski definition) is 2. The van der Waals surface area contributed by atoms with Gasteiger partial charge in [-0.15, -0.1) is 0 Å². The number of benzene rings is 2. The van der Waals surface area contributed by atoms with E-state index in [9.17, 15) is 23.6 Å². The molecule has 0 spiro atoms. The van der Waals surface area contributed by atoms with Gasteiger partial charge in [-0.3, -0.25) is 4.72 Å². The minimum Gasteiger partial charge on any atom is -0.488 e. The van der Waals surface area contributed by atoms with Gasteiger partial charge in [-0.25, -0.2) is 13.2 Å². The molecule has 4 rings (SSSR count). The van der Waals surface area contributed by atoms with Crippen molar-refractivity contribution in [1.29, 1.82) is 5.26 Å². The van der Waals surface area contributed by atoms with Gasteiger partial charge in [0.2, 0.25) is 0 Å². The number of aromatic carboxylic acids is 1. The lowest BCUT2D eigenvalue weighted by molar-refractivity contribution is 0.0696. The number of carboxylic acids is 1. The molecular weight excluding hydrogens is 452 g/mol. The zero-order chi connectivity index (χ0) is 23.0. The van der Waals surface area contributed by atoms with Gasteiger partial charge >= 0.3 is 5.97 Å². The molecule has 0 heterocycles. The quantitative estimate of drug-likeness (QED) is 0.546. The number of carboxylic acid groups (broad SMARTS) is 1. The molecule has 2 aliphatic carbocycles. The lowest BCUT2D eigenvalue weighted by atomic mass is 9.82. The zero-order valence-corrected chi connectivity index (χ0v) is 19.0. The molecule has 0 unspecified atom stereocenters. The van der Waals surface area contributed by atoms with Gasteiger partial charge in [0.05, 0.1) is 32.8 Å². The molecule has 7 nitrogen and oxygen atoms in total. The highest BCUT2D eigenvalue weighted by molar-refractivity contribution is 7.92. The molecule has 0 aliphatic heterocycles. The highest BCUT2D eigenvalue weighted by Gasteiger charge is 2.32. The lowest BCUT2D eigenvalue weighted by Gasteiger charge is -2.32. The van der Waals surface area contributed by atoms with Gasteiger partial charge in [-0.1, -0.05) is 24.1 Å². The second kappa shape index (κ2) is 8.64. The summed E-state index contributed by atoms with van der Waals surface area (Å²) in [4.78, 5) is 11.4. The van der Waals surface area contributed by atoms with E-state index < -0.39 is 16.0 Å². The molecule has 1 atom stereocenters. The molecule has 0 bridgehead atoms. The number of sulfonamides is 1. The van der Waals surface area contributed by atoms with Crippen LogP contribution in [0.5, 0.6) is 5.75 Å². The highest BCUT2D eigenvalue weighted by Crippen LogP contribution is 2.44. The first-order valence-corrected chi connectivity index (χ1v) is 12.4. The Bertz CT molecular complexity index is 1210. The molecule has 0 radical (unpaired) electrons. The van der Waals surface area contributed by atoms with Crippen LogP contribution in [-0.2, 0) is 10.0 Å². The summed E-state index contributed by atoms with van der Waals surface area (Å²) in [6.45, 7) is 1.93. The Morgan fingerprint density at radius 1 is 1.25 bits per heavy atom. The van der Waals surface area contributed by atoms with E-state index in [-0.39, 0.29) is 44.5 Å². The largest absolute Gasteiger partial charge is 0.488 e. The van der Waals surface area contributed by atoms with Gasteiger partial charge in [0.15, 0.2) is 0 Å². The van der Waals surface area contributed by atoms with E-state index in [0.717, 1.165) is 32.1 Å². The maximum Gasteiger partial charge on any atom is 0.335 e. The zero-order valence-electron chi connectivity index (χ0n) is 17.5. The van der Waals surface area contributed by atoms with E-state index in [1.54, 1.807) is 6.07 Å². The Hall–Kier alpha value is -2.76. The number of rotatable bonds is 8. The Morgan fingerprint density at radius 3 is 2.53 bits per heavy atom. The average Bonchev–Trinajstić information content (AvgIpc) is 3.53. The first kappa shape index (κ1) is 22.4. The molecule has 2 aliphatic rings. The topological polar surface area (TPSA) is 116 Å². The standard InChI is InChI=1S/C23H23ClN2O5S/c1-13(14-3-2-4-14)31-21-11-19(24)17(12-25)9-20(21)26-32(29,30)22-10-16(23(27)28)7-8-18(22)15-5-6-15/h7-11,13-15,26H,2-6H2,1H3,(H,27,28)/t13-/m0/s1. The molecule has 0 aromatic heterocycles. The van der Waals surface area contributed by atoms with Crippen LogP contribution in [0.3, 0.4) is 0 Å². The summed E-state index contributed by atoms with van der Waals surface area (Å²) < 4.78 is 35.3. The van der Waals surface area contributed by atoms with Crippen LogP contribution in [0, 0.1) is 17.2 Å². The second-order valence-corrected chi connectivity index (χ2v) is 10.4. The number of nitriles is 1. The molecule has 168 valence electrons. The fourth-order valence-corrected chi connectivity index (χ4v) is 5.44. The van der Waals surface area contributed by atoms with Gasteiger partial charge in [-0.05, 0) is 68.2 Å². The number of ether oxygens (including phenoxy) is 1. The van der Waals surface area contributed by atoms with Crippen molar-refractivity contribution in [1.82, 2.24) is 0 Å². The number of nitrogens with zero attached hydrogens (tertiary/aromatic N) is 1. The van der Waals surface area contributed by atoms with E-state index in [0.29, 0.717) is 11.5 Å². The Balaban J connectivity index is 1.73. The van der Waals surface area contributed by atoms with Crippen LogP contribution in [0.2, 0.25) is 5.02 Å². The minimum atomic E-state index is -4.16. The monoisotopic (exact) mass is 474 g/mol. The number of carbonyl (C=O) groups is 1. The van der Waals surface area contributed by atoms with Crippen molar-refractivity contribution in [2.45, 2.75) is 55.9 Å². The molecule has 2 fully saturated rings. The molecular formula is C23H23ClN2O5S. The number of anilines is 1. The molecule has 0 amide bonds. The third-order valence-electron chi connectivity index (χ3n) is 6.13. The van der Waals surface area contributed by atoms with Crippen molar-refractivity contribution in [3.05, 3.63) is 52.0 Å². The summed E-state index contributed by atoms with van der Waals surface area (Å²) in [5.74, 6) is -0.513. The van der Waals surface area contributed by atoms with E-state index in [1.807, 2.05) is 13.0 Å². The number of nitrogens with one attached hydrogen (secondary N) is 1. The van der Waals surface area contributed by atoms with Crippen LogP contribution in [-0.4, -0.2) is 25.6 Å². The summed E-state index contributed by atoms with van der Waals surface area (Å²) in [6, 6.07) is 8.90. The van der Waals surface area contributed by atoms with E-state index in [4.69, 9.17) is 16.3 Å². The van der Waals surface area contributed by atoms with Gasteiger partial charge in [0.25, 0.3) is 10.0 Å². The summed E-state index contributed by atoms with van der Waals surface area (Å²) in [5.41, 5.74) is 0.676. The van der Waals surface area contributed by atoms with Crippen molar-refractivity contribution >= 4 is 33.3 Å². The Labute approximate surface area is 192 Å². The Kier molecular flexibility index (Phi) is 6.06. The normalized spacial score (nSPS) is 17.2. The van der Waals surface area contributed by atoms with E-state index >= 15 is 0 Å². The highest BCUT2D eigenvalue weighted by atomic mass is 35.5. The summed E-state index contributed by atoms with van der Waals surface area (Å²) in [6.07, 6.45) is 4.77. The van der Waals surface area contributed by atoms with Crippen molar-refractivity contribution in [2.75, 3.05) is 4.72 Å². The van der Waals surface area contributed by atoms with Crippen LogP contribution in [0.15, 0.2) is 35.2 Å². The Morgan fingerprint density at radius 2 is 1.97 bits per heavy atom. The summed E-state index contributed by atoms with van der Waals surface area (Å²) in [7, 11) is -4.16. The van der Waals surface area contributed by atoms with Crippen molar-refractivity contribution in [3.8, 4) is 11.8 Å². The maximum absolute atomic E-state index is 13.4. The van der Waals surface area contributed by atoms with Gasteiger partial charge in [-0.2, -0.15) is 5.26 Å². The average molecular weight is 475 g/mol. The fraction of sp³-hybridized carbons (Fsp3) is 0.391. The van der Waals surface area contributed by atoms with Crippen LogP contribution in [0.4, 0.5) is 5.69 Å². The SMILES string of the molecule is C[C@H](Oc1cc(Cl)c(C#N)cc1NS(=O)(=O)c1cc(C(=O)O)ccc1C1CC1)C1CCC1. The van der Waals surface area contributed by atoms with Gasteiger partial charge in [0, 0.05) is 6.07 Å². The van der Waals surface area contributed by atoms with Crippen LogP contribution >= 0.6 is 11.6 Å². The van der Waals surface area contributed by atoms with Crippen molar-refractivity contribution in [2.24, 2.45) is 5.92 Å². The molecule has 9 heteroatoms. The first-order chi connectivity index (χ1) is 15.2. The predicted molar refractivity (Wildman–Crippen MR) is 120 cm³/mol. The molecule has 32 heavy (non-hydrogen) atoms. The summed E-state index contributed by atoms with van der Waals surface area (Å²) in [5, 5.41) is 18.9. The number of halogens is 1. The van der Waals surface area contributed by atoms with Crippen molar-refractivity contribution in [3.63, 3.8) is 0 Å². The summed E-state index contributed by atoms with van der Waals surface area (Å²) >= 11 is 6.19. The lowest BCUT2D eigenvalue weighted by Crippen LogP contribution is -2.29. The first-order valence-electron chi connectivity index (χ1n) is 10.5. The van der Waals surface area contributed by atoms with Gasteiger partial charge in [0.1, 0.15) is 11.8 Å². The fourth-order valence-electron chi connectivity index (χ4n) is 3.86. The van der Waals surface area contributed by atoms with Gasteiger partial charge < -0.3 is 9.84 Å². The predicted octanol–water partition coefficient (Wildman–Crippen LogP) is 5.16. The molecule has 2 aromatic rings. The molecule has 2 aromatic carbocycles. The molecule has 0 saturated heterocycles. The van der Waals surface area contributed by atoms with E-state index in [2.05, 4.69) is 4.72 Å². The maximum atomic E-state index is 13.4. The third-order valence-corrected chi connectivity index (χ3v) is 7.86. The third kappa shape index (κ3) is 4.54. The van der Waals surface area contributed by atoms with Crippen LogP contribution < -0.4 is 9.46 Å². The molecule has 2 saturated carbocycles. The van der Waals surface area contributed by atoms with Crippen LogP contribution in [0.25, 0.3) is 0 Å². The smallest absolute Gasteiger partial charge is 0.335 e. The number of hydrogen-bond acceptors (Lipinski definition) is 5. The second-order valence-electron chi connectivity index (χ2n) is 8.39. The van der Waals surface area contributed by atoms with Crippen LogP contribution in [0.1, 0.15) is 66.4 Å². The molecule has 2 N–H and O–H groups in total. The minimum absolute atomic E-state index is 0.0775. The van der Waals surface area contributed by atoms with Crippen molar-refractivity contribution < 1.29 is 23.1 Å². The van der Waals surface area contributed by atoms with E-state index in [1.165, 1.54) is 24.3 Å².